The molecule has 144 valence electrons. The Morgan fingerprint density at radius 1 is 1.00 bits per heavy atom. The summed E-state index contributed by atoms with van der Waals surface area (Å²) in [5.74, 6) is 1.01. The number of ether oxygens (including phenoxy) is 2. The number of halogens is 1. The molecular weight excluding hydrogens is 361 g/mol. The van der Waals surface area contributed by atoms with E-state index in [0.29, 0.717) is 23.7 Å². The molecule has 0 aliphatic carbocycles. The van der Waals surface area contributed by atoms with Crippen LogP contribution in [-0.2, 0) is 13.1 Å². The van der Waals surface area contributed by atoms with Crippen LogP contribution in [0.15, 0.2) is 66.9 Å². The highest BCUT2D eigenvalue weighted by molar-refractivity contribution is 5.73. The van der Waals surface area contributed by atoms with Crippen molar-refractivity contribution >= 4 is 6.03 Å². The summed E-state index contributed by atoms with van der Waals surface area (Å²) in [6.07, 6.45) is 1.57. The lowest BCUT2D eigenvalue weighted by molar-refractivity contribution is 0.240. The number of hydrogen-bond acceptors (Lipinski definition) is 4. The first-order valence-corrected chi connectivity index (χ1v) is 8.66. The Morgan fingerprint density at radius 3 is 2.54 bits per heavy atom. The molecule has 28 heavy (non-hydrogen) atoms. The van der Waals surface area contributed by atoms with Crippen LogP contribution in [0.2, 0.25) is 0 Å². The van der Waals surface area contributed by atoms with Gasteiger partial charge in [-0.1, -0.05) is 24.3 Å². The molecule has 2 aromatic carbocycles. The summed E-state index contributed by atoms with van der Waals surface area (Å²) < 4.78 is 24.1. The molecule has 0 saturated heterocycles. The zero-order chi connectivity index (χ0) is 19.8. The summed E-state index contributed by atoms with van der Waals surface area (Å²) >= 11 is 0. The van der Waals surface area contributed by atoms with E-state index in [9.17, 15) is 9.18 Å². The van der Waals surface area contributed by atoms with Crippen molar-refractivity contribution < 1.29 is 18.7 Å². The second-order valence-corrected chi connectivity index (χ2v) is 5.91. The van der Waals surface area contributed by atoms with Gasteiger partial charge in [0.1, 0.15) is 17.3 Å². The average Bonchev–Trinajstić information content (AvgIpc) is 2.72. The lowest BCUT2D eigenvalue weighted by Gasteiger charge is -2.12. The van der Waals surface area contributed by atoms with Crippen molar-refractivity contribution in [2.24, 2.45) is 0 Å². The van der Waals surface area contributed by atoms with Gasteiger partial charge in [0.05, 0.1) is 7.11 Å². The highest BCUT2D eigenvalue weighted by Crippen LogP contribution is 2.23. The van der Waals surface area contributed by atoms with Crippen LogP contribution in [0, 0.1) is 5.82 Å². The fourth-order valence-electron chi connectivity index (χ4n) is 2.46. The molecular formula is C21H20FN3O3. The Morgan fingerprint density at radius 2 is 1.79 bits per heavy atom. The van der Waals surface area contributed by atoms with Crippen LogP contribution in [0.1, 0.15) is 11.1 Å². The van der Waals surface area contributed by atoms with E-state index in [-0.39, 0.29) is 12.6 Å². The van der Waals surface area contributed by atoms with E-state index in [0.717, 1.165) is 11.3 Å². The van der Waals surface area contributed by atoms with Gasteiger partial charge in [-0.2, -0.15) is 0 Å². The van der Waals surface area contributed by atoms with Crippen LogP contribution in [-0.4, -0.2) is 18.1 Å². The number of benzene rings is 2. The van der Waals surface area contributed by atoms with E-state index >= 15 is 0 Å². The zero-order valence-electron chi connectivity index (χ0n) is 15.3. The molecule has 0 aliphatic heterocycles. The number of carbonyl (C=O) groups excluding carboxylic acids is 1. The van der Waals surface area contributed by atoms with Gasteiger partial charge in [0.25, 0.3) is 0 Å². The Kier molecular flexibility index (Phi) is 6.41. The number of pyridine rings is 1. The molecule has 0 spiro atoms. The van der Waals surface area contributed by atoms with Crippen LogP contribution >= 0.6 is 0 Å². The molecule has 7 heteroatoms. The standard InChI is InChI=1S/C21H20FN3O3/c1-27-18-9-7-15(8-10-18)13-24-21(26)25-14-16-4-3-11-23-20(16)28-19-6-2-5-17(22)12-19/h2-12H,13-14H2,1H3,(H2,24,25,26). The molecule has 3 aromatic rings. The molecule has 1 aromatic heterocycles. The molecule has 0 unspecified atom stereocenters. The SMILES string of the molecule is COc1ccc(CNC(=O)NCc2cccnc2Oc2cccc(F)c2)cc1. The summed E-state index contributed by atoms with van der Waals surface area (Å²) in [6.45, 7) is 0.600. The van der Waals surface area contributed by atoms with Gasteiger partial charge in [0.2, 0.25) is 5.88 Å². The van der Waals surface area contributed by atoms with Crippen LogP contribution in [0.5, 0.6) is 17.4 Å². The van der Waals surface area contributed by atoms with E-state index < -0.39 is 5.82 Å². The highest BCUT2D eigenvalue weighted by Gasteiger charge is 2.09. The van der Waals surface area contributed by atoms with Crippen molar-refractivity contribution in [3.63, 3.8) is 0 Å². The predicted octanol–water partition coefficient (Wildman–Crippen LogP) is 4.02. The van der Waals surface area contributed by atoms with E-state index in [1.807, 2.05) is 24.3 Å². The van der Waals surface area contributed by atoms with Gasteiger partial charge in [0.15, 0.2) is 0 Å². The maximum Gasteiger partial charge on any atom is 0.315 e. The van der Waals surface area contributed by atoms with E-state index in [1.54, 1.807) is 37.6 Å². The van der Waals surface area contributed by atoms with Gasteiger partial charge < -0.3 is 20.1 Å². The second-order valence-electron chi connectivity index (χ2n) is 5.91. The number of methoxy groups -OCH3 is 1. The van der Waals surface area contributed by atoms with Gasteiger partial charge in [-0.05, 0) is 35.9 Å². The molecule has 0 fully saturated rings. The maximum absolute atomic E-state index is 13.3. The van der Waals surface area contributed by atoms with Gasteiger partial charge in [0, 0.05) is 30.9 Å². The Balaban J connectivity index is 1.54. The number of urea groups is 1. The quantitative estimate of drug-likeness (QED) is 0.648. The Bertz CT molecular complexity index is 932. The summed E-state index contributed by atoms with van der Waals surface area (Å²) in [5.41, 5.74) is 1.62. The van der Waals surface area contributed by atoms with Gasteiger partial charge >= 0.3 is 6.03 Å². The molecule has 0 saturated carbocycles. The molecule has 0 atom stereocenters. The van der Waals surface area contributed by atoms with Gasteiger partial charge in [-0.3, -0.25) is 0 Å². The van der Waals surface area contributed by atoms with Crippen LogP contribution in [0.3, 0.4) is 0 Å². The van der Waals surface area contributed by atoms with Gasteiger partial charge in [-0.15, -0.1) is 0 Å². The fraction of sp³-hybridized carbons (Fsp3) is 0.143. The van der Waals surface area contributed by atoms with Crippen molar-refractivity contribution in [1.29, 1.82) is 0 Å². The monoisotopic (exact) mass is 381 g/mol. The maximum atomic E-state index is 13.3. The first-order valence-electron chi connectivity index (χ1n) is 8.66. The third-order valence-electron chi connectivity index (χ3n) is 3.91. The lowest BCUT2D eigenvalue weighted by atomic mass is 10.2. The molecule has 0 aliphatic rings. The molecule has 1 heterocycles. The summed E-state index contributed by atoms with van der Waals surface area (Å²) in [6, 6.07) is 16.4. The number of aromatic nitrogens is 1. The van der Waals surface area contributed by atoms with Crippen LogP contribution in [0.4, 0.5) is 9.18 Å². The van der Waals surface area contributed by atoms with Crippen LogP contribution < -0.4 is 20.1 Å². The summed E-state index contributed by atoms with van der Waals surface area (Å²) in [4.78, 5) is 16.2. The number of rotatable bonds is 7. The van der Waals surface area contributed by atoms with E-state index in [1.165, 1.54) is 12.1 Å². The van der Waals surface area contributed by atoms with E-state index in [2.05, 4.69) is 15.6 Å². The smallest absolute Gasteiger partial charge is 0.315 e. The number of hydrogen-bond donors (Lipinski definition) is 2. The Hall–Kier alpha value is -3.61. The largest absolute Gasteiger partial charge is 0.497 e. The predicted molar refractivity (Wildman–Crippen MR) is 103 cm³/mol. The van der Waals surface area contributed by atoms with Crippen molar-refractivity contribution in [1.82, 2.24) is 15.6 Å². The molecule has 0 radical (unpaired) electrons. The molecule has 6 nitrogen and oxygen atoms in total. The Labute approximate surface area is 162 Å². The molecule has 2 amide bonds. The summed E-state index contributed by atoms with van der Waals surface area (Å²) in [5, 5.41) is 5.54. The van der Waals surface area contributed by atoms with Crippen LogP contribution in [0.25, 0.3) is 0 Å². The van der Waals surface area contributed by atoms with E-state index in [4.69, 9.17) is 9.47 Å². The van der Waals surface area contributed by atoms with Crippen molar-refractivity contribution in [2.75, 3.05) is 7.11 Å². The lowest BCUT2D eigenvalue weighted by Crippen LogP contribution is -2.34. The minimum Gasteiger partial charge on any atom is -0.497 e. The fourth-order valence-corrected chi connectivity index (χ4v) is 2.46. The minimum absolute atomic E-state index is 0.215. The van der Waals surface area contributed by atoms with Crippen molar-refractivity contribution in [3.8, 4) is 17.4 Å². The topological polar surface area (TPSA) is 72.5 Å². The molecule has 3 rings (SSSR count). The normalized spacial score (nSPS) is 10.2. The summed E-state index contributed by atoms with van der Waals surface area (Å²) in [7, 11) is 1.60. The molecule has 0 bridgehead atoms. The highest BCUT2D eigenvalue weighted by atomic mass is 19.1. The van der Waals surface area contributed by atoms with Gasteiger partial charge in [-0.25, -0.2) is 14.2 Å². The van der Waals surface area contributed by atoms with Crippen molar-refractivity contribution in [3.05, 3.63) is 83.8 Å². The minimum atomic E-state index is -0.397. The number of amides is 2. The zero-order valence-corrected chi connectivity index (χ0v) is 15.3. The first kappa shape index (κ1) is 19.2. The second kappa shape index (κ2) is 9.36. The third-order valence-corrected chi connectivity index (χ3v) is 3.91. The average molecular weight is 381 g/mol. The van der Waals surface area contributed by atoms with Crippen molar-refractivity contribution in [2.45, 2.75) is 13.1 Å². The third kappa shape index (κ3) is 5.44. The number of nitrogens with zero attached hydrogens (tertiary/aromatic N) is 1. The first-order chi connectivity index (χ1) is 13.6. The number of nitrogens with one attached hydrogen (secondary N) is 2. The number of carbonyl (C=O) groups is 1. The molecule has 2 N–H and O–H groups in total.